The Morgan fingerprint density at radius 2 is 2.07 bits per heavy atom. The molecular formula is C17H20ClN5O3S3. The van der Waals surface area contributed by atoms with Crippen LogP contribution in [0.1, 0.15) is 10.4 Å². The number of benzene rings is 1. The number of likely N-dealkylation sites (N-methyl/N-ethyl adjacent to an activating group) is 1. The van der Waals surface area contributed by atoms with E-state index in [1.54, 1.807) is 6.08 Å². The molecule has 12 heteroatoms. The predicted molar refractivity (Wildman–Crippen MR) is 116 cm³/mol. The number of nitrogens with one attached hydrogen (secondary N) is 1. The largest absolute Gasteiger partial charge is 0.304 e. The van der Waals surface area contributed by atoms with E-state index in [0.29, 0.717) is 41.4 Å². The summed E-state index contributed by atoms with van der Waals surface area (Å²) >= 11 is 8.86. The van der Waals surface area contributed by atoms with E-state index < -0.39 is 15.9 Å². The number of anilines is 1. The summed E-state index contributed by atoms with van der Waals surface area (Å²) in [7, 11) is -1.85. The molecule has 8 nitrogen and oxygen atoms in total. The van der Waals surface area contributed by atoms with Crippen molar-refractivity contribution in [1.29, 1.82) is 0 Å². The Morgan fingerprint density at radius 1 is 1.34 bits per heavy atom. The van der Waals surface area contributed by atoms with Gasteiger partial charge in [-0.1, -0.05) is 40.8 Å². The van der Waals surface area contributed by atoms with E-state index in [2.05, 4.69) is 27.0 Å². The summed E-state index contributed by atoms with van der Waals surface area (Å²) < 4.78 is 28.1. The van der Waals surface area contributed by atoms with E-state index in [1.165, 1.54) is 45.6 Å². The van der Waals surface area contributed by atoms with Crippen molar-refractivity contribution in [3.8, 4) is 0 Å². The van der Waals surface area contributed by atoms with Crippen molar-refractivity contribution in [2.75, 3.05) is 44.3 Å². The molecule has 1 aliphatic rings. The molecule has 0 spiro atoms. The normalized spacial score (nSPS) is 15.9. The molecule has 1 N–H and O–H groups in total. The highest BCUT2D eigenvalue weighted by atomic mass is 35.5. The van der Waals surface area contributed by atoms with Gasteiger partial charge in [-0.15, -0.1) is 16.8 Å². The maximum absolute atomic E-state index is 13.0. The zero-order valence-electron chi connectivity index (χ0n) is 15.7. The number of hydrogen-bond acceptors (Lipinski definition) is 8. The quantitative estimate of drug-likeness (QED) is 0.375. The third-order valence-corrected chi connectivity index (χ3v) is 8.57. The van der Waals surface area contributed by atoms with E-state index in [0.717, 1.165) is 0 Å². The third-order valence-electron chi connectivity index (χ3n) is 4.23. The lowest BCUT2D eigenvalue weighted by molar-refractivity contribution is 0.102. The summed E-state index contributed by atoms with van der Waals surface area (Å²) in [6.45, 7) is 5.67. The Balaban J connectivity index is 1.78. The maximum Gasteiger partial charge on any atom is 0.257 e. The summed E-state index contributed by atoms with van der Waals surface area (Å²) in [5.41, 5.74) is 0.178. The van der Waals surface area contributed by atoms with E-state index in [9.17, 15) is 13.2 Å². The molecule has 156 valence electrons. The van der Waals surface area contributed by atoms with E-state index in [-0.39, 0.29) is 15.5 Å². The Hall–Kier alpha value is -1.50. The molecule has 1 amide bonds. The van der Waals surface area contributed by atoms with Gasteiger partial charge < -0.3 is 4.90 Å². The van der Waals surface area contributed by atoms with Crippen LogP contribution in [0.4, 0.5) is 5.13 Å². The van der Waals surface area contributed by atoms with Gasteiger partial charge in [0.15, 0.2) is 4.34 Å². The van der Waals surface area contributed by atoms with Crippen LogP contribution >= 0.6 is 34.7 Å². The van der Waals surface area contributed by atoms with Gasteiger partial charge in [-0.05, 0) is 25.2 Å². The van der Waals surface area contributed by atoms with Crippen LogP contribution in [0.3, 0.4) is 0 Å². The molecule has 0 radical (unpaired) electrons. The summed E-state index contributed by atoms with van der Waals surface area (Å²) in [4.78, 5) is 14.6. The van der Waals surface area contributed by atoms with Gasteiger partial charge >= 0.3 is 0 Å². The van der Waals surface area contributed by atoms with Gasteiger partial charge in [0.05, 0.1) is 5.02 Å². The fourth-order valence-electron chi connectivity index (χ4n) is 2.63. The van der Waals surface area contributed by atoms with Crippen LogP contribution in [0.5, 0.6) is 0 Å². The molecule has 2 aromatic rings. The van der Waals surface area contributed by atoms with E-state index >= 15 is 0 Å². The number of amides is 1. The van der Waals surface area contributed by atoms with Gasteiger partial charge in [-0.3, -0.25) is 10.1 Å². The molecule has 1 fully saturated rings. The molecule has 0 atom stereocenters. The first-order valence-corrected chi connectivity index (χ1v) is 12.3. The van der Waals surface area contributed by atoms with Crippen LogP contribution in [0, 0.1) is 0 Å². The number of carbonyl (C=O) groups excluding carboxylic acids is 1. The highest BCUT2D eigenvalue weighted by Crippen LogP contribution is 2.28. The Bertz CT molecular complexity index is 1000. The number of hydrogen-bond donors (Lipinski definition) is 1. The molecule has 0 saturated carbocycles. The molecule has 1 aromatic carbocycles. The van der Waals surface area contributed by atoms with Gasteiger partial charge in [0, 0.05) is 37.5 Å². The van der Waals surface area contributed by atoms with Crippen molar-refractivity contribution < 1.29 is 13.2 Å². The average Bonchev–Trinajstić information content (AvgIpc) is 3.14. The molecule has 1 aliphatic heterocycles. The minimum absolute atomic E-state index is 0.0733. The van der Waals surface area contributed by atoms with Crippen LogP contribution in [0.15, 0.2) is 40.1 Å². The lowest BCUT2D eigenvalue weighted by atomic mass is 10.2. The number of halogens is 1. The molecule has 0 unspecified atom stereocenters. The fraction of sp³-hybridized carbons (Fsp3) is 0.353. The van der Waals surface area contributed by atoms with Crippen LogP contribution in [-0.4, -0.2) is 72.7 Å². The molecular weight excluding hydrogens is 454 g/mol. The van der Waals surface area contributed by atoms with Gasteiger partial charge in [0.1, 0.15) is 4.90 Å². The third kappa shape index (κ3) is 5.36. The Kier molecular flexibility index (Phi) is 7.30. The Labute approximate surface area is 183 Å². The van der Waals surface area contributed by atoms with Gasteiger partial charge in [0.2, 0.25) is 15.2 Å². The minimum atomic E-state index is -3.79. The van der Waals surface area contributed by atoms with Crippen molar-refractivity contribution in [2.24, 2.45) is 0 Å². The number of sulfonamides is 1. The molecule has 3 rings (SSSR count). The molecule has 0 aliphatic carbocycles. The second-order valence-corrected chi connectivity index (χ2v) is 10.8. The van der Waals surface area contributed by atoms with Gasteiger partial charge in [-0.2, -0.15) is 4.31 Å². The lowest BCUT2D eigenvalue weighted by Crippen LogP contribution is -2.47. The zero-order chi connectivity index (χ0) is 21.0. The second-order valence-electron chi connectivity index (χ2n) is 6.28. The van der Waals surface area contributed by atoms with Crippen LogP contribution < -0.4 is 5.32 Å². The number of thioether (sulfide) groups is 1. The van der Waals surface area contributed by atoms with Crippen molar-refractivity contribution in [1.82, 2.24) is 19.4 Å². The predicted octanol–water partition coefficient (Wildman–Crippen LogP) is 2.66. The number of nitrogens with zero attached hydrogens (tertiary/aromatic N) is 4. The van der Waals surface area contributed by atoms with E-state index in [1.807, 2.05) is 7.05 Å². The first kappa shape index (κ1) is 22.2. The number of piperazine rings is 1. The van der Waals surface area contributed by atoms with Crippen LogP contribution in [0.2, 0.25) is 5.02 Å². The van der Waals surface area contributed by atoms with Crippen LogP contribution in [-0.2, 0) is 10.0 Å². The van der Waals surface area contributed by atoms with Crippen molar-refractivity contribution >= 4 is 55.8 Å². The minimum Gasteiger partial charge on any atom is -0.304 e. The number of carbonyl (C=O) groups is 1. The Morgan fingerprint density at radius 3 is 2.76 bits per heavy atom. The molecule has 29 heavy (non-hydrogen) atoms. The standard InChI is InChI=1S/C17H20ClN5O3S3/c1-3-10-27-17-21-20-16(28-17)19-15(24)12-4-5-13(18)14(11-12)29(25,26)23-8-6-22(2)7-9-23/h3-5,11H,1,6-10H2,2H3,(H,19,20,24). The van der Waals surface area contributed by atoms with Crippen molar-refractivity contribution in [2.45, 2.75) is 9.24 Å². The molecule has 1 aromatic heterocycles. The van der Waals surface area contributed by atoms with Gasteiger partial charge in [0.25, 0.3) is 5.91 Å². The first-order chi connectivity index (χ1) is 13.8. The maximum atomic E-state index is 13.0. The summed E-state index contributed by atoms with van der Waals surface area (Å²) in [5, 5.41) is 11.0. The number of aromatic nitrogens is 2. The lowest BCUT2D eigenvalue weighted by Gasteiger charge is -2.31. The monoisotopic (exact) mass is 473 g/mol. The molecule has 0 bridgehead atoms. The second kappa shape index (κ2) is 9.54. The SMILES string of the molecule is C=CCSc1nnc(NC(=O)c2ccc(Cl)c(S(=O)(=O)N3CCN(C)CC3)c2)s1. The number of rotatable bonds is 7. The molecule has 2 heterocycles. The summed E-state index contributed by atoms with van der Waals surface area (Å²) in [6, 6.07) is 4.21. The molecule has 1 saturated heterocycles. The zero-order valence-corrected chi connectivity index (χ0v) is 18.9. The fourth-order valence-corrected chi connectivity index (χ4v) is 6.06. The highest BCUT2D eigenvalue weighted by Gasteiger charge is 2.30. The highest BCUT2D eigenvalue weighted by molar-refractivity contribution is 8.01. The van der Waals surface area contributed by atoms with Gasteiger partial charge in [-0.25, -0.2) is 8.42 Å². The first-order valence-electron chi connectivity index (χ1n) is 8.68. The summed E-state index contributed by atoms with van der Waals surface area (Å²) in [6.07, 6.45) is 1.75. The average molecular weight is 474 g/mol. The van der Waals surface area contributed by atoms with Crippen LogP contribution in [0.25, 0.3) is 0 Å². The van der Waals surface area contributed by atoms with Crippen molar-refractivity contribution in [3.05, 3.63) is 41.4 Å². The summed E-state index contributed by atoms with van der Waals surface area (Å²) in [5.74, 6) is 0.209. The van der Waals surface area contributed by atoms with Crippen molar-refractivity contribution in [3.63, 3.8) is 0 Å². The topological polar surface area (TPSA) is 95.5 Å². The van der Waals surface area contributed by atoms with E-state index in [4.69, 9.17) is 11.6 Å². The smallest absolute Gasteiger partial charge is 0.257 e.